The smallest absolute Gasteiger partial charge is 0.349 e. The largest absolute Gasteiger partial charge is 0.493 e. The first-order valence-corrected chi connectivity index (χ1v) is 8.66. The summed E-state index contributed by atoms with van der Waals surface area (Å²) in [4.78, 5) is 12.2. The Morgan fingerprint density at radius 3 is 2.54 bits per heavy atom. The van der Waals surface area contributed by atoms with Gasteiger partial charge in [-0.2, -0.15) is 0 Å². The summed E-state index contributed by atoms with van der Waals surface area (Å²) in [6, 6.07) is 11.5. The van der Waals surface area contributed by atoms with Gasteiger partial charge in [0, 0.05) is 0 Å². The molecule has 2 aromatic carbocycles. The minimum Gasteiger partial charge on any atom is -0.493 e. The van der Waals surface area contributed by atoms with Crippen LogP contribution in [0, 0.1) is 6.92 Å². The van der Waals surface area contributed by atoms with E-state index < -0.39 is 5.97 Å². The highest BCUT2D eigenvalue weighted by Gasteiger charge is 2.12. The molecule has 0 fully saturated rings. The monoisotopic (exact) mass is 354 g/mol. The van der Waals surface area contributed by atoms with E-state index in [1.807, 2.05) is 43.3 Å². The lowest BCUT2D eigenvalue weighted by atomic mass is 10.0. The Morgan fingerprint density at radius 2 is 1.88 bits per heavy atom. The highest BCUT2D eigenvalue weighted by molar-refractivity contribution is 5.74. The Hall–Kier alpha value is -2.75. The maximum Gasteiger partial charge on any atom is 0.349 e. The van der Waals surface area contributed by atoms with Gasteiger partial charge in [-0.1, -0.05) is 38.1 Å². The highest BCUT2D eigenvalue weighted by atomic mass is 16.6. The fourth-order valence-electron chi connectivity index (χ4n) is 2.50. The van der Waals surface area contributed by atoms with Crippen LogP contribution in [0.2, 0.25) is 0 Å². The molecule has 2 aromatic rings. The van der Waals surface area contributed by atoms with Gasteiger partial charge in [0.15, 0.2) is 18.1 Å². The summed E-state index contributed by atoms with van der Waals surface area (Å²) < 4.78 is 16.4. The van der Waals surface area contributed by atoms with Crippen LogP contribution >= 0.6 is 0 Å². The minimum atomic E-state index is -0.453. The maximum atomic E-state index is 12.2. The van der Waals surface area contributed by atoms with E-state index >= 15 is 0 Å². The Kier molecular flexibility index (Phi) is 6.84. The molecule has 0 unspecified atom stereocenters. The van der Waals surface area contributed by atoms with Crippen molar-refractivity contribution in [3.8, 4) is 17.2 Å². The number of carbonyl (C=O) groups excluding carboxylic acids is 1. The van der Waals surface area contributed by atoms with Crippen LogP contribution in [0.4, 0.5) is 0 Å². The van der Waals surface area contributed by atoms with Gasteiger partial charge in [0.25, 0.3) is 0 Å². The molecular formula is C22H26O4. The number of carbonyl (C=O) groups is 1. The van der Waals surface area contributed by atoms with E-state index in [1.165, 1.54) is 0 Å². The van der Waals surface area contributed by atoms with E-state index in [4.69, 9.17) is 14.2 Å². The summed E-state index contributed by atoms with van der Waals surface area (Å²) in [7, 11) is 1.57. The lowest BCUT2D eigenvalue weighted by Crippen LogP contribution is -2.18. The number of hydrogen-bond acceptors (Lipinski definition) is 4. The van der Waals surface area contributed by atoms with Gasteiger partial charge in [0.05, 0.1) is 7.11 Å². The molecule has 138 valence electrons. The molecule has 0 N–H and O–H groups in total. The molecule has 4 nitrogen and oxygen atoms in total. The number of rotatable bonds is 8. The first kappa shape index (κ1) is 19.6. The van der Waals surface area contributed by atoms with Gasteiger partial charge >= 0.3 is 5.97 Å². The van der Waals surface area contributed by atoms with Crippen molar-refractivity contribution in [1.29, 1.82) is 0 Å². The first-order valence-electron chi connectivity index (χ1n) is 8.66. The van der Waals surface area contributed by atoms with E-state index in [0.717, 1.165) is 23.1 Å². The average Bonchev–Trinajstić information content (AvgIpc) is 2.62. The Bertz CT molecular complexity index is 778. The van der Waals surface area contributed by atoms with Crippen LogP contribution in [0.5, 0.6) is 17.2 Å². The third-order valence-corrected chi connectivity index (χ3v) is 4.06. The molecule has 0 aliphatic rings. The molecule has 4 heteroatoms. The van der Waals surface area contributed by atoms with E-state index in [-0.39, 0.29) is 6.61 Å². The lowest BCUT2D eigenvalue weighted by molar-refractivity contribution is -0.136. The number of esters is 1. The third-order valence-electron chi connectivity index (χ3n) is 4.06. The fourth-order valence-corrected chi connectivity index (χ4v) is 2.50. The average molecular weight is 354 g/mol. The summed E-state index contributed by atoms with van der Waals surface area (Å²) >= 11 is 0. The van der Waals surface area contributed by atoms with E-state index in [1.54, 1.807) is 13.2 Å². The summed E-state index contributed by atoms with van der Waals surface area (Å²) in [6.07, 6.45) is 2.56. The number of benzene rings is 2. The minimum absolute atomic E-state index is 0.192. The molecule has 0 radical (unpaired) electrons. The van der Waals surface area contributed by atoms with Crippen molar-refractivity contribution in [3.05, 3.63) is 65.7 Å². The van der Waals surface area contributed by atoms with Crippen molar-refractivity contribution in [2.45, 2.75) is 33.1 Å². The van der Waals surface area contributed by atoms with Crippen molar-refractivity contribution < 1.29 is 19.0 Å². The molecule has 26 heavy (non-hydrogen) atoms. The number of methoxy groups -OCH3 is 1. The van der Waals surface area contributed by atoms with Crippen LogP contribution < -0.4 is 14.2 Å². The van der Waals surface area contributed by atoms with E-state index in [0.29, 0.717) is 23.2 Å². The number of hydrogen-bond donors (Lipinski definition) is 0. The summed E-state index contributed by atoms with van der Waals surface area (Å²) in [5, 5.41) is 0. The van der Waals surface area contributed by atoms with Gasteiger partial charge in [-0.3, -0.25) is 0 Å². The topological polar surface area (TPSA) is 44.8 Å². The van der Waals surface area contributed by atoms with Crippen LogP contribution in [0.3, 0.4) is 0 Å². The zero-order valence-electron chi connectivity index (χ0n) is 15.9. The van der Waals surface area contributed by atoms with E-state index in [9.17, 15) is 4.79 Å². The van der Waals surface area contributed by atoms with Crippen LogP contribution in [0.1, 0.15) is 36.5 Å². The molecule has 2 rings (SSSR count). The van der Waals surface area contributed by atoms with Crippen LogP contribution in [0.15, 0.2) is 49.1 Å². The number of allylic oxidation sites excluding steroid dienone is 1. The Morgan fingerprint density at radius 1 is 1.12 bits per heavy atom. The first-order chi connectivity index (χ1) is 12.4. The second-order valence-electron chi connectivity index (χ2n) is 6.42. The number of aryl methyl sites for hydroxylation is 1. The highest BCUT2D eigenvalue weighted by Crippen LogP contribution is 2.29. The Labute approximate surface area is 155 Å². The second-order valence-corrected chi connectivity index (χ2v) is 6.42. The summed E-state index contributed by atoms with van der Waals surface area (Å²) in [6.45, 7) is 9.64. The molecule has 0 aliphatic carbocycles. The molecule has 0 saturated heterocycles. The predicted molar refractivity (Wildman–Crippen MR) is 103 cm³/mol. The van der Waals surface area contributed by atoms with Gasteiger partial charge in [0.2, 0.25) is 0 Å². The molecule has 0 amide bonds. The zero-order valence-corrected chi connectivity index (χ0v) is 15.9. The van der Waals surface area contributed by atoms with Gasteiger partial charge in [0.1, 0.15) is 5.75 Å². The van der Waals surface area contributed by atoms with Crippen LogP contribution in [-0.4, -0.2) is 19.7 Å². The molecule has 0 saturated carbocycles. The van der Waals surface area contributed by atoms with Crippen LogP contribution in [0.25, 0.3) is 0 Å². The molecule has 0 atom stereocenters. The second kappa shape index (κ2) is 9.09. The molecular weight excluding hydrogens is 328 g/mol. The predicted octanol–water partition coefficient (Wildman–Crippen LogP) is 4.84. The van der Waals surface area contributed by atoms with Crippen molar-refractivity contribution in [3.63, 3.8) is 0 Å². The zero-order chi connectivity index (χ0) is 19.1. The van der Waals surface area contributed by atoms with Gasteiger partial charge in [-0.05, 0) is 54.2 Å². The van der Waals surface area contributed by atoms with Crippen molar-refractivity contribution in [2.24, 2.45) is 0 Å². The molecule has 0 spiro atoms. The molecule has 0 bridgehead atoms. The van der Waals surface area contributed by atoms with Gasteiger partial charge in [-0.15, -0.1) is 6.58 Å². The van der Waals surface area contributed by atoms with E-state index in [2.05, 4.69) is 20.4 Å². The molecule has 0 aliphatic heterocycles. The summed E-state index contributed by atoms with van der Waals surface area (Å²) in [5.41, 5.74) is 3.10. The molecule has 0 heterocycles. The fraction of sp³-hybridized carbons (Fsp3) is 0.318. The standard InChI is InChI=1S/C22H26O4/c1-6-7-17-9-11-19(21(12-17)24-5)25-14-22(23)26-20-13-18(15(2)3)10-8-16(20)4/h6,8-13,15H,1,7,14H2,2-5H3. The van der Waals surface area contributed by atoms with Crippen molar-refractivity contribution in [1.82, 2.24) is 0 Å². The lowest BCUT2D eigenvalue weighted by Gasteiger charge is -2.13. The van der Waals surface area contributed by atoms with Gasteiger partial charge < -0.3 is 14.2 Å². The van der Waals surface area contributed by atoms with Crippen LogP contribution in [-0.2, 0) is 11.2 Å². The normalized spacial score (nSPS) is 10.5. The quantitative estimate of drug-likeness (QED) is 0.386. The number of ether oxygens (including phenoxy) is 3. The van der Waals surface area contributed by atoms with Crippen molar-refractivity contribution in [2.75, 3.05) is 13.7 Å². The SMILES string of the molecule is C=CCc1ccc(OCC(=O)Oc2cc(C(C)C)ccc2C)c(OC)c1. The van der Waals surface area contributed by atoms with Crippen molar-refractivity contribution >= 4 is 5.97 Å². The van der Waals surface area contributed by atoms with Gasteiger partial charge in [-0.25, -0.2) is 4.79 Å². The molecule has 0 aromatic heterocycles. The third kappa shape index (κ3) is 5.12. The summed E-state index contributed by atoms with van der Waals surface area (Å²) in [5.74, 6) is 1.56. The Balaban J connectivity index is 2.03. The maximum absolute atomic E-state index is 12.2.